The first kappa shape index (κ1) is 15.1. The highest BCUT2D eigenvalue weighted by Crippen LogP contribution is 2.24. The Morgan fingerprint density at radius 3 is 2.68 bits per heavy atom. The zero-order valence-corrected chi connectivity index (χ0v) is 12.8. The maximum atomic E-state index is 12.4. The first-order chi connectivity index (χ1) is 10.8. The first-order valence-electron chi connectivity index (χ1n) is 7.59. The van der Waals surface area contributed by atoms with Gasteiger partial charge in [-0.15, -0.1) is 0 Å². The largest absolute Gasteiger partial charge is 0.497 e. The molecule has 0 spiro atoms. The summed E-state index contributed by atoms with van der Waals surface area (Å²) in [5, 5.41) is 0. The molecule has 0 unspecified atom stereocenters. The summed E-state index contributed by atoms with van der Waals surface area (Å²) in [6.07, 6.45) is 2.53. The maximum Gasteiger partial charge on any atom is 0.254 e. The predicted molar refractivity (Wildman–Crippen MR) is 82.7 cm³/mol. The lowest BCUT2D eigenvalue weighted by Crippen LogP contribution is -2.46. The Morgan fingerprint density at radius 2 is 2.09 bits per heavy atom. The number of nitrogens with zero attached hydrogens (tertiary/aromatic N) is 1. The number of carbonyl (C=O) groups is 1. The highest BCUT2D eigenvalue weighted by atomic mass is 16.6. The van der Waals surface area contributed by atoms with Gasteiger partial charge in [0.1, 0.15) is 5.75 Å². The van der Waals surface area contributed by atoms with Crippen LogP contribution in [0.25, 0.3) is 5.57 Å². The zero-order chi connectivity index (χ0) is 15.4. The Labute approximate surface area is 130 Å². The summed E-state index contributed by atoms with van der Waals surface area (Å²) < 4.78 is 16.0. The number of hydrogen-bond donors (Lipinski definition) is 0. The van der Waals surface area contributed by atoms with Crippen molar-refractivity contribution in [3.63, 3.8) is 0 Å². The van der Waals surface area contributed by atoms with E-state index >= 15 is 0 Å². The molecule has 1 amide bonds. The summed E-state index contributed by atoms with van der Waals surface area (Å²) in [6, 6.07) is 8.03. The lowest BCUT2D eigenvalue weighted by atomic mass is 9.99. The molecule has 0 aromatic heterocycles. The number of carbonyl (C=O) groups excluding carboxylic acids is 1. The van der Waals surface area contributed by atoms with E-state index in [9.17, 15) is 4.79 Å². The molecule has 5 nitrogen and oxygen atoms in total. The van der Waals surface area contributed by atoms with Gasteiger partial charge in [0.25, 0.3) is 5.91 Å². The molecule has 0 bridgehead atoms. The van der Waals surface area contributed by atoms with Gasteiger partial charge < -0.3 is 19.1 Å². The summed E-state index contributed by atoms with van der Waals surface area (Å²) >= 11 is 0. The normalized spacial score (nSPS) is 22.1. The van der Waals surface area contributed by atoms with Gasteiger partial charge in [0.15, 0.2) is 6.10 Å². The Balaban J connectivity index is 1.62. The van der Waals surface area contributed by atoms with Crippen molar-refractivity contribution in [3.8, 4) is 5.75 Å². The molecule has 1 aromatic rings. The molecule has 1 fully saturated rings. The summed E-state index contributed by atoms with van der Waals surface area (Å²) in [6.45, 7) is 2.78. The van der Waals surface area contributed by atoms with E-state index in [4.69, 9.17) is 14.2 Å². The maximum absolute atomic E-state index is 12.4. The second-order valence-electron chi connectivity index (χ2n) is 5.43. The molecule has 2 heterocycles. The lowest BCUT2D eigenvalue weighted by Gasteiger charge is -2.31. The molecule has 22 heavy (non-hydrogen) atoms. The average Bonchev–Trinajstić information content (AvgIpc) is 2.62. The van der Waals surface area contributed by atoms with Gasteiger partial charge in [0, 0.05) is 13.1 Å². The fraction of sp³-hybridized carbons (Fsp3) is 0.471. The van der Waals surface area contributed by atoms with Crippen LogP contribution in [0, 0.1) is 0 Å². The molecule has 2 aliphatic heterocycles. The third kappa shape index (κ3) is 3.31. The monoisotopic (exact) mass is 303 g/mol. The fourth-order valence-electron chi connectivity index (χ4n) is 2.77. The SMILES string of the molecule is COc1ccc(C2=CCN(C(=O)[C@H]3COCCO3)CC2)cc1. The summed E-state index contributed by atoms with van der Waals surface area (Å²) in [4.78, 5) is 14.2. The van der Waals surface area contributed by atoms with E-state index in [2.05, 4.69) is 18.2 Å². The minimum absolute atomic E-state index is 0.0322. The van der Waals surface area contributed by atoms with Gasteiger partial charge in [0.05, 0.1) is 26.9 Å². The number of ether oxygens (including phenoxy) is 3. The number of rotatable bonds is 3. The van der Waals surface area contributed by atoms with E-state index in [0.29, 0.717) is 26.4 Å². The Morgan fingerprint density at radius 1 is 1.27 bits per heavy atom. The summed E-state index contributed by atoms with van der Waals surface area (Å²) in [5.41, 5.74) is 2.46. The second kappa shape index (κ2) is 6.94. The third-order valence-corrected chi connectivity index (χ3v) is 4.07. The lowest BCUT2D eigenvalue weighted by molar-refractivity contribution is -0.157. The van der Waals surface area contributed by atoms with Crippen molar-refractivity contribution >= 4 is 11.5 Å². The van der Waals surface area contributed by atoms with Crippen molar-refractivity contribution in [2.45, 2.75) is 12.5 Å². The van der Waals surface area contributed by atoms with Crippen LogP contribution in [0.2, 0.25) is 0 Å². The van der Waals surface area contributed by atoms with Crippen LogP contribution in [-0.4, -0.2) is 56.9 Å². The highest BCUT2D eigenvalue weighted by molar-refractivity contribution is 5.82. The number of benzene rings is 1. The highest BCUT2D eigenvalue weighted by Gasteiger charge is 2.28. The van der Waals surface area contributed by atoms with Crippen molar-refractivity contribution in [1.29, 1.82) is 0 Å². The van der Waals surface area contributed by atoms with Crippen LogP contribution in [-0.2, 0) is 14.3 Å². The smallest absolute Gasteiger partial charge is 0.254 e. The molecule has 5 heteroatoms. The minimum Gasteiger partial charge on any atom is -0.497 e. The van der Waals surface area contributed by atoms with Gasteiger partial charge in [-0.3, -0.25) is 4.79 Å². The third-order valence-electron chi connectivity index (χ3n) is 4.07. The van der Waals surface area contributed by atoms with Gasteiger partial charge in [-0.25, -0.2) is 0 Å². The fourth-order valence-corrected chi connectivity index (χ4v) is 2.77. The van der Waals surface area contributed by atoms with Crippen molar-refractivity contribution in [2.75, 3.05) is 40.0 Å². The summed E-state index contributed by atoms with van der Waals surface area (Å²) in [5.74, 6) is 0.885. The molecule has 0 aliphatic carbocycles. The molecule has 0 N–H and O–H groups in total. The number of amides is 1. The molecular formula is C17H21NO4. The molecule has 1 aromatic carbocycles. The van der Waals surface area contributed by atoms with Crippen LogP contribution in [0.4, 0.5) is 0 Å². The van der Waals surface area contributed by atoms with Crippen LogP contribution in [0.15, 0.2) is 30.3 Å². The van der Waals surface area contributed by atoms with Crippen molar-refractivity contribution in [3.05, 3.63) is 35.9 Å². The number of hydrogen-bond acceptors (Lipinski definition) is 4. The van der Waals surface area contributed by atoms with E-state index in [-0.39, 0.29) is 5.91 Å². The van der Waals surface area contributed by atoms with Crippen LogP contribution >= 0.6 is 0 Å². The van der Waals surface area contributed by atoms with E-state index < -0.39 is 6.10 Å². The molecule has 2 aliphatic rings. The molecule has 118 valence electrons. The van der Waals surface area contributed by atoms with Gasteiger partial charge in [-0.05, 0) is 29.7 Å². The van der Waals surface area contributed by atoms with Gasteiger partial charge in [-0.1, -0.05) is 18.2 Å². The van der Waals surface area contributed by atoms with Crippen molar-refractivity contribution < 1.29 is 19.0 Å². The Kier molecular flexibility index (Phi) is 4.75. The van der Waals surface area contributed by atoms with Crippen LogP contribution in [0.1, 0.15) is 12.0 Å². The summed E-state index contributed by atoms with van der Waals surface area (Å²) in [7, 11) is 1.66. The molecule has 3 rings (SSSR count). The standard InChI is InChI=1S/C17H21NO4/c1-20-15-4-2-13(3-5-15)14-6-8-18(9-7-14)17(19)16-12-21-10-11-22-16/h2-6,16H,7-12H2,1H3/t16-/m1/s1. The Hall–Kier alpha value is -1.85. The van der Waals surface area contributed by atoms with Gasteiger partial charge >= 0.3 is 0 Å². The quantitative estimate of drug-likeness (QED) is 0.853. The molecule has 1 saturated heterocycles. The van der Waals surface area contributed by atoms with E-state index in [0.717, 1.165) is 18.7 Å². The molecule has 1 atom stereocenters. The van der Waals surface area contributed by atoms with E-state index in [1.807, 2.05) is 17.0 Å². The van der Waals surface area contributed by atoms with E-state index in [1.54, 1.807) is 7.11 Å². The molecule has 0 radical (unpaired) electrons. The van der Waals surface area contributed by atoms with Crippen LogP contribution < -0.4 is 4.74 Å². The van der Waals surface area contributed by atoms with Gasteiger partial charge in [0.2, 0.25) is 0 Å². The zero-order valence-electron chi connectivity index (χ0n) is 12.8. The Bertz CT molecular complexity index is 546. The van der Waals surface area contributed by atoms with Crippen LogP contribution in [0.5, 0.6) is 5.75 Å². The first-order valence-corrected chi connectivity index (χ1v) is 7.59. The van der Waals surface area contributed by atoms with Crippen molar-refractivity contribution in [2.24, 2.45) is 0 Å². The van der Waals surface area contributed by atoms with Crippen LogP contribution in [0.3, 0.4) is 0 Å². The van der Waals surface area contributed by atoms with Crippen molar-refractivity contribution in [1.82, 2.24) is 4.90 Å². The predicted octanol–water partition coefficient (Wildman–Crippen LogP) is 1.73. The van der Waals surface area contributed by atoms with Gasteiger partial charge in [-0.2, -0.15) is 0 Å². The topological polar surface area (TPSA) is 48.0 Å². The minimum atomic E-state index is -0.440. The van der Waals surface area contributed by atoms with E-state index in [1.165, 1.54) is 11.1 Å². The average molecular weight is 303 g/mol. The molecular weight excluding hydrogens is 282 g/mol. The number of methoxy groups -OCH3 is 1. The second-order valence-corrected chi connectivity index (χ2v) is 5.43. The molecule has 0 saturated carbocycles.